The maximum absolute atomic E-state index is 12.5. The van der Waals surface area contributed by atoms with E-state index in [2.05, 4.69) is 15.9 Å². The van der Waals surface area contributed by atoms with E-state index in [1.807, 2.05) is 6.92 Å². The van der Waals surface area contributed by atoms with Crippen molar-refractivity contribution in [2.45, 2.75) is 38.2 Å². The Labute approximate surface area is 120 Å². The third kappa shape index (κ3) is 8.47. The van der Waals surface area contributed by atoms with Gasteiger partial charge in [-0.1, -0.05) is 29.8 Å². The summed E-state index contributed by atoms with van der Waals surface area (Å²) in [5, 5.41) is 0. The van der Waals surface area contributed by atoms with E-state index in [0.717, 1.165) is 4.90 Å². The van der Waals surface area contributed by atoms with Gasteiger partial charge in [-0.15, -0.1) is 0 Å². The van der Waals surface area contributed by atoms with Crippen molar-refractivity contribution in [3.05, 3.63) is 0 Å². The molecule has 0 rings (SSSR count). The highest BCUT2D eigenvalue weighted by Gasteiger charge is 2.35. The van der Waals surface area contributed by atoms with Crippen molar-refractivity contribution in [3.63, 3.8) is 0 Å². The molecule has 0 aromatic heterocycles. The first-order valence-corrected chi connectivity index (χ1v) is 7.18. The predicted octanol–water partition coefficient (Wildman–Crippen LogP) is 3.22. The second-order valence-electron chi connectivity index (χ2n) is 4.57. The number of carbonyl (C=O) groups is 1. The van der Waals surface area contributed by atoms with Gasteiger partial charge in [-0.25, -0.2) is 0 Å². The Morgan fingerprint density at radius 2 is 1.95 bits per heavy atom. The zero-order valence-electron chi connectivity index (χ0n) is 11.5. The van der Waals surface area contributed by atoms with Crippen LogP contribution >= 0.6 is 15.9 Å². The largest absolute Gasteiger partial charge is 0.406 e. The maximum Gasteiger partial charge on any atom is 0.406 e. The maximum atomic E-state index is 12.5. The molecular weight excluding hydrogens is 327 g/mol. The minimum absolute atomic E-state index is 0.0488. The van der Waals surface area contributed by atoms with Crippen LogP contribution in [-0.4, -0.2) is 48.1 Å². The highest BCUT2D eigenvalue weighted by atomic mass is 79.9. The zero-order chi connectivity index (χ0) is 15.1. The van der Waals surface area contributed by atoms with Crippen LogP contribution in [0.5, 0.6) is 0 Å². The van der Waals surface area contributed by atoms with Gasteiger partial charge in [-0.05, 0) is 19.3 Å². The summed E-state index contributed by atoms with van der Waals surface area (Å²) in [7, 11) is 0. The van der Waals surface area contributed by atoms with Crippen molar-refractivity contribution in [2.75, 3.05) is 26.3 Å². The quantitative estimate of drug-likeness (QED) is 0.498. The molecule has 1 amide bonds. The van der Waals surface area contributed by atoms with Crippen molar-refractivity contribution in [1.29, 1.82) is 0 Å². The van der Waals surface area contributed by atoms with Crippen molar-refractivity contribution in [2.24, 2.45) is 5.92 Å². The number of ether oxygens (including phenoxy) is 1. The smallest absolute Gasteiger partial charge is 0.382 e. The fraction of sp³-hybridized carbons (Fsp3) is 0.917. The van der Waals surface area contributed by atoms with Gasteiger partial charge in [0.15, 0.2) is 0 Å². The third-order valence-corrected chi connectivity index (χ3v) is 3.87. The monoisotopic (exact) mass is 347 g/mol. The Hall–Kier alpha value is -0.300. The summed E-state index contributed by atoms with van der Waals surface area (Å²) in [5.41, 5.74) is 0. The van der Waals surface area contributed by atoms with E-state index in [0.29, 0.717) is 19.6 Å². The number of rotatable bonds is 8. The lowest BCUT2D eigenvalue weighted by atomic mass is 10.1. The van der Waals surface area contributed by atoms with Gasteiger partial charge in [0.25, 0.3) is 0 Å². The van der Waals surface area contributed by atoms with Crippen LogP contribution in [0.2, 0.25) is 0 Å². The minimum Gasteiger partial charge on any atom is -0.382 e. The van der Waals surface area contributed by atoms with Crippen LogP contribution in [0.3, 0.4) is 0 Å². The molecular formula is C12H21BrF3NO2. The Morgan fingerprint density at radius 3 is 2.37 bits per heavy atom. The van der Waals surface area contributed by atoms with Crippen molar-refractivity contribution < 1.29 is 22.7 Å². The number of hydrogen-bond donors (Lipinski definition) is 0. The molecule has 0 radical (unpaired) electrons. The molecule has 0 heterocycles. The first kappa shape index (κ1) is 18.7. The summed E-state index contributed by atoms with van der Waals surface area (Å²) >= 11 is 3.15. The average molecular weight is 348 g/mol. The lowest BCUT2D eigenvalue weighted by molar-refractivity contribution is -0.161. The van der Waals surface area contributed by atoms with Crippen molar-refractivity contribution >= 4 is 21.8 Å². The van der Waals surface area contributed by atoms with Crippen LogP contribution in [0.1, 0.15) is 27.2 Å². The molecule has 0 N–H and O–H groups in total. The molecule has 19 heavy (non-hydrogen) atoms. The number of alkyl halides is 4. The second kappa shape index (κ2) is 8.79. The normalized spacial score (nSPS) is 13.7. The van der Waals surface area contributed by atoms with E-state index in [4.69, 9.17) is 4.74 Å². The van der Waals surface area contributed by atoms with Crippen LogP contribution in [0.4, 0.5) is 13.2 Å². The molecule has 0 spiro atoms. The van der Waals surface area contributed by atoms with Gasteiger partial charge in [0.2, 0.25) is 5.91 Å². The summed E-state index contributed by atoms with van der Waals surface area (Å²) in [6, 6.07) is 0. The summed E-state index contributed by atoms with van der Waals surface area (Å²) in [6.45, 7) is 5.07. The Kier molecular flexibility index (Phi) is 8.65. The summed E-state index contributed by atoms with van der Waals surface area (Å²) in [5.74, 6) is -0.584. The van der Waals surface area contributed by atoms with Crippen LogP contribution in [0.15, 0.2) is 0 Å². The number of amides is 1. The summed E-state index contributed by atoms with van der Waals surface area (Å²) in [6.07, 6.45) is -3.99. The van der Waals surface area contributed by atoms with E-state index in [9.17, 15) is 18.0 Å². The van der Waals surface area contributed by atoms with Gasteiger partial charge in [-0.3, -0.25) is 4.79 Å². The predicted molar refractivity (Wildman–Crippen MR) is 71.3 cm³/mol. The summed E-state index contributed by atoms with van der Waals surface area (Å²) < 4.78 is 42.5. The van der Waals surface area contributed by atoms with Crippen LogP contribution < -0.4 is 0 Å². The van der Waals surface area contributed by atoms with Crippen molar-refractivity contribution in [3.8, 4) is 0 Å². The first-order chi connectivity index (χ1) is 8.69. The Balaban J connectivity index is 4.53. The fourth-order valence-corrected chi connectivity index (χ4v) is 1.73. The third-order valence-electron chi connectivity index (χ3n) is 2.42. The molecule has 0 aliphatic rings. The number of hydrogen-bond acceptors (Lipinski definition) is 2. The number of halogens is 4. The van der Waals surface area contributed by atoms with Gasteiger partial charge in [0.1, 0.15) is 6.54 Å². The Bertz CT molecular complexity index is 272. The number of nitrogens with zero attached hydrogens (tertiary/aromatic N) is 1. The molecule has 0 fully saturated rings. The molecule has 3 nitrogen and oxygen atoms in total. The molecule has 0 aromatic rings. The van der Waals surface area contributed by atoms with Crippen LogP contribution in [0, 0.1) is 5.92 Å². The Morgan fingerprint density at radius 1 is 1.37 bits per heavy atom. The van der Waals surface area contributed by atoms with Gasteiger partial charge in [0.05, 0.1) is 4.83 Å². The van der Waals surface area contributed by atoms with Gasteiger partial charge >= 0.3 is 6.18 Å². The minimum atomic E-state index is -4.38. The zero-order valence-corrected chi connectivity index (χ0v) is 13.1. The SMILES string of the molecule is CCOCCCN(CC(F)(F)F)C(=O)C(Br)C(C)C. The van der Waals surface area contributed by atoms with E-state index in [1.54, 1.807) is 13.8 Å². The molecule has 0 saturated carbocycles. The first-order valence-electron chi connectivity index (χ1n) is 6.26. The highest BCUT2D eigenvalue weighted by Crippen LogP contribution is 2.21. The van der Waals surface area contributed by atoms with Crippen LogP contribution in [0.25, 0.3) is 0 Å². The van der Waals surface area contributed by atoms with Gasteiger partial charge in [0, 0.05) is 19.8 Å². The van der Waals surface area contributed by atoms with E-state index in [-0.39, 0.29) is 12.5 Å². The van der Waals surface area contributed by atoms with Crippen molar-refractivity contribution in [1.82, 2.24) is 4.90 Å². The average Bonchev–Trinajstić information content (AvgIpc) is 2.29. The van der Waals surface area contributed by atoms with E-state index in [1.165, 1.54) is 0 Å². The molecule has 0 aliphatic heterocycles. The molecule has 0 aromatic carbocycles. The van der Waals surface area contributed by atoms with Crippen LogP contribution in [-0.2, 0) is 9.53 Å². The van der Waals surface area contributed by atoms with Gasteiger partial charge < -0.3 is 9.64 Å². The fourth-order valence-electron chi connectivity index (χ4n) is 1.44. The van der Waals surface area contributed by atoms with E-state index < -0.39 is 23.5 Å². The van der Waals surface area contributed by atoms with E-state index >= 15 is 0 Å². The second-order valence-corrected chi connectivity index (χ2v) is 5.56. The molecule has 7 heteroatoms. The molecule has 0 saturated heterocycles. The molecule has 1 atom stereocenters. The number of carbonyl (C=O) groups excluding carboxylic acids is 1. The summed E-state index contributed by atoms with van der Waals surface area (Å²) in [4.78, 5) is 12.2. The van der Waals surface area contributed by atoms with Gasteiger partial charge in [-0.2, -0.15) is 13.2 Å². The topological polar surface area (TPSA) is 29.5 Å². The standard InChI is InChI=1S/C12H21BrF3NO2/c1-4-19-7-5-6-17(8-12(14,15)16)11(18)10(13)9(2)3/h9-10H,4-8H2,1-3H3. The molecule has 1 unspecified atom stereocenters. The molecule has 0 bridgehead atoms. The lowest BCUT2D eigenvalue weighted by Crippen LogP contribution is -2.44. The molecule has 114 valence electrons. The lowest BCUT2D eigenvalue weighted by Gasteiger charge is -2.27. The molecule has 0 aliphatic carbocycles. The highest BCUT2D eigenvalue weighted by molar-refractivity contribution is 9.10.